The summed E-state index contributed by atoms with van der Waals surface area (Å²) in [5.41, 5.74) is 2.76. The summed E-state index contributed by atoms with van der Waals surface area (Å²) in [6, 6.07) is 23.1. The van der Waals surface area contributed by atoms with Gasteiger partial charge in [-0.05, 0) is 43.3 Å². The number of amides is 1. The van der Waals surface area contributed by atoms with Crippen molar-refractivity contribution in [1.82, 2.24) is 14.9 Å². The van der Waals surface area contributed by atoms with E-state index >= 15 is 0 Å². The Morgan fingerprint density at radius 1 is 1.03 bits per heavy atom. The number of nitrogens with two attached hydrogens (primary N) is 1. The van der Waals surface area contributed by atoms with Crippen LogP contribution in [0.1, 0.15) is 5.56 Å². The number of aromatic nitrogens is 3. The lowest BCUT2D eigenvalue weighted by Crippen LogP contribution is -2.16. The average Bonchev–Trinajstić information content (AvgIpc) is 3.16. The van der Waals surface area contributed by atoms with E-state index in [1.807, 2.05) is 79.7 Å². The number of para-hydroxylation sites is 1. The van der Waals surface area contributed by atoms with Gasteiger partial charge >= 0.3 is 0 Å². The highest BCUT2D eigenvalue weighted by atomic mass is 35.5. The highest BCUT2D eigenvalue weighted by Gasteiger charge is 2.15. The Hall–Kier alpha value is -2.94. The molecule has 162 valence electrons. The molecule has 6 nitrogen and oxygen atoms in total. The van der Waals surface area contributed by atoms with Gasteiger partial charge in [0.2, 0.25) is 11.1 Å². The molecule has 4 rings (SSSR count). The van der Waals surface area contributed by atoms with Crippen LogP contribution in [0, 0.1) is 6.92 Å². The number of carbonyl (C=O) groups excluding carboxylic acids is 1. The van der Waals surface area contributed by atoms with Crippen LogP contribution < -0.4 is 11.2 Å². The van der Waals surface area contributed by atoms with Gasteiger partial charge in [-0.2, -0.15) is 0 Å². The molecule has 0 spiro atoms. The fraction of sp³-hybridized carbons (Fsp3) is 0.0870. The summed E-state index contributed by atoms with van der Waals surface area (Å²) in [6.07, 6.45) is 0. The summed E-state index contributed by atoms with van der Waals surface area (Å²) in [5, 5.41) is 12.4. The first kappa shape index (κ1) is 22.3. The van der Waals surface area contributed by atoms with Crippen LogP contribution in [0.2, 0.25) is 5.02 Å². The van der Waals surface area contributed by atoms with Crippen LogP contribution in [0.25, 0.3) is 11.4 Å². The number of halogens is 1. The van der Waals surface area contributed by atoms with Gasteiger partial charge in [-0.15, -0.1) is 10.2 Å². The Balaban J connectivity index is 1.40. The molecule has 3 aromatic carbocycles. The summed E-state index contributed by atoms with van der Waals surface area (Å²) in [7, 11) is 0. The quantitative estimate of drug-likeness (QED) is 0.267. The van der Waals surface area contributed by atoms with Gasteiger partial charge in [0.05, 0.1) is 11.4 Å². The molecule has 0 atom stereocenters. The third-order valence-electron chi connectivity index (χ3n) is 4.51. The van der Waals surface area contributed by atoms with Gasteiger partial charge < -0.3 is 11.2 Å². The van der Waals surface area contributed by atoms with Crippen LogP contribution in [0.3, 0.4) is 0 Å². The fourth-order valence-electron chi connectivity index (χ4n) is 2.88. The fourth-order valence-corrected chi connectivity index (χ4v) is 4.56. The molecular weight excluding hydrogens is 462 g/mol. The Labute approximate surface area is 199 Å². The van der Waals surface area contributed by atoms with Crippen molar-refractivity contribution >= 4 is 46.7 Å². The summed E-state index contributed by atoms with van der Waals surface area (Å²) < 4.78 is 1.41. The Kier molecular flexibility index (Phi) is 7.04. The molecule has 0 aliphatic rings. The standard InChI is InChI=1S/C23H20ClN5OS2/c1-15-6-8-16(9-7-15)22-27-28-23(29(22)25)31-14-21(30)26-19-4-2-3-5-20(19)32-18-12-10-17(24)11-13-18/h2-13H,14,25H2,1H3,(H,26,30). The van der Waals surface area contributed by atoms with Gasteiger partial charge in [-0.1, -0.05) is 77.1 Å². The van der Waals surface area contributed by atoms with Gasteiger partial charge in [-0.25, -0.2) is 4.68 Å². The topological polar surface area (TPSA) is 85.8 Å². The van der Waals surface area contributed by atoms with Crippen molar-refractivity contribution in [3.8, 4) is 11.4 Å². The second kappa shape index (κ2) is 10.1. The number of carbonyl (C=O) groups is 1. The first-order chi connectivity index (χ1) is 15.5. The molecule has 4 aromatic rings. The van der Waals surface area contributed by atoms with Gasteiger partial charge in [-0.3, -0.25) is 4.79 Å². The predicted molar refractivity (Wildman–Crippen MR) is 132 cm³/mol. The zero-order chi connectivity index (χ0) is 22.5. The monoisotopic (exact) mass is 481 g/mol. The minimum Gasteiger partial charge on any atom is -0.335 e. The van der Waals surface area contributed by atoms with Gasteiger partial charge in [0, 0.05) is 20.4 Å². The number of hydrogen-bond donors (Lipinski definition) is 2. The van der Waals surface area contributed by atoms with Crippen molar-refractivity contribution in [1.29, 1.82) is 0 Å². The molecule has 0 bridgehead atoms. The van der Waals surface area contributed by atoms with E-state index in [2.05, 4.69) is 15.5 Å². The van der Waals surface area contributed by atoms with Crippen LogP contribution in [-0.4, -0.2) is 26.5 Å². The van der Waals surface area contributed by atoms with E-state index in [9.17, 15) is 4.79 Å². The molecule has 1 heterocycles. The molecule has 0 unspecified atom stereocenters. The zero-order valence-electron chi connectivity index (χ0n) is 17.2. The number of rotatable bonds is 7. The summed E-state index contributed by atoms with van der Waals surface area (Å²) in [5.74, 6) is 6.71. The lowest BCUT2D eigenvalue weighted by Gasteiger charge is -2.11. The van der Waals surface area contributed by atoms with E-state index in [1.54, 1.807) is 11.8 Å². The second-order valence-corrected chi connectivity index (χ2v) is 9.43. The molecule has 0 aliphatic heterocycles. The number of nitrogens with one attached hydrogen (secondary N) is 1. The minimum absolute atomic E-state index is 0.154. The number of benzene rings is 3. The second-order valence-electron chi connectivity index (χ2n) is 6.93. The molecule has 0 saturated heterocycles. The first-order valence-electron chi connectivity index (χ1n) is 9.72. The molecule has 3 N–H and O–H groups in total. The molecule has 9 heteroatoms. The number of thioether (sulfide) groups is 1. The lowest BCUT2D eigenvalue weighted by molar-refractivity contribution is -0.113. The molecule has 0 saturated carbocycles. The minimum atomic E-state index is -0.154. The highest BCUT2D eigenvalue weighted by Crippen LogP contribution is 2.34. The summed E-state index contributed by atoms with van der Waals surface area (Å²) >= 11 is 8.76. The lowest BCUT2D eigenvalue weighted by atomic mass is 10.1. The average molecular weight is 482 g/mol. The van der Waals surface area contributed by atoms with Gasteiger partial charge in [0.15, 0.2) is 5.82 Å². The summed E-state index contributed by atoms with van der Waals surface area (Å²) in [6.45, 7) is 2.02. The number of nitrogen functional groups attached to an aromatic ring is 1. The Morgan fingerprint density at radius 2 is 1.75 bits per heavy atom. The van der Waals surface area contributed by atoms with Crippen molar-refractivity contribution in [3.63, 3.8) is 0 Å². The number of nitrogens with zero attached hydrogens (tertiary/aromatic N) is 3. The van der Waals surface area contributed by atoms with Crippen molar-refractivity contribution < 1.29 is 4.79 Å². The molecule has 32 heavy (non-hydrogen) atoms. The van der Waals surface area contributed by atoms with Crippen molar-refractivity contribution in [2.24, 2.45) is 0 Å². The molecule has 1 aromatic heterocycles. The molecule has 0 radical (unpaired) electrons. The van der Waals surface area contributed by atoms with E-state index in [0.29, 0.717) is 16.0 Å². The maximum absolute atomic E-state index is 12.6. The number of aryl methyl sites for hydroxylation is 1. The highest BCUT2D eigenvalue weighted by molar-refractivity contribution is 8.00. The molecule has 0 aliphatic carbocycles. The Morgan fingerprint density at radius 3 is 2.50 bits per heavy atom. The number of hydrogen-bond acceptors (Lipinski definition) is 6. The van der Waals surface area contributed by atoms with Gasteiger partial charge in [0.25, 0.3) is 0 Å². The van der Waals surface area contributed by atoms with E-state index in [-0.39, 0.29) is 11.7 Å². The molecule has 1 amide bonds. The SMILES string of the molecule is Cc1ccc(-c2nnc(SCC(=O)Nc3ccccc3Sc3ccc(Cl)cc3)n2N)cc1. The zero-order valence-corrected chi connectivity index (χ0v) is 19.5. The number of anilines is 1. The van der Waals surface area contributed by atoms with Crippen LogP contribution >= 0.6 is 35.1 Å². The maximum Gasteiger partial charge on any atom is 0.234 e. The van der Waals surface area contributed by atoms with Crippen molar-refractivity contribution in [2.75, 3.05) is 16.9 Å². The predicted octanol–water partition coefficient (Wildman–Crippen LogP) is 5.50. The van der Waals surface area contributed by atoms with Crippen LogP contribution in [0.4, 0.5) is 5.69 Å². The normalized spacial score (nSPS) is 10.8. The van der Waals surface area contributed by atoms with E-state index < -0.39 is 0 Å². The largest absolute Gasteiger partial charge is 0.335 e. The van der Waals surface area contributed by atoms with Crippen LogP contribution in [0.5, 0.6) is 0 Å². The van der Waals surface area contributed by atoms with Crippen molar-refractivity contribution in [2.45, 2.75) is 21.9 Å². The maximum atomic E-state index is 12.6. The third-order valence-corrected chi connectivity index (χ3v) is 6.79. The smallest absolute Gasteiger partial charge is 0.234 e. The first-order valence-corrected chi connectivity index (χ1v) is 11.9. The van der Waals surface area contributed by atoms with Gasteiger partial charge in [0.1, 0.15) is 0 Å². The Bertz CT molecular complexity index is 1230. The molecule has 0 fully saturated rings. The van der Waals surface area contributed by atoms with E-state index in [0.717, 1.165) is 26.6 Å². The van der Waals surface area contributed by atoms with Crippen molar-refractivity contribution in [3.05, 3.63) is 83.4 Å². The molecular formula is C23H20ClN5OS2. The van der Waals surface area contributed by atoms with E-state index in [1.165, 1.54) is 16.4 Å². The van der Waals surface area contributed by atoms with Crippen LogP contribution in [-0.2, 0) is 4.79 Å². The third kappa shape index (κ3) is 5.45. The summed E-state index contributed by atoms with van der Waals surface area (Å²) in [4.78, 5) is 14.6. The van der Waals surface area contributed by atoms with Crippen LogP contribution in [0.15, 0.2) is 87.7 Å². The van der Waals surface area contributed by atoms with E-state index in [4.69, 9.17) is 17.4 Å².